The Labute approximate surface area is 265 Å². The quantitative estimate of drug-likeness (QED) is 0.226. The lowest BCUT2D eigenvalue weighted by Gasteiger charge is -2.56. The number of aromatic nitrogens is 3. The lowest BCUT2D eigenvalue weighted by Crippen LogP contribution is -2.68. The fourth-order valence-corrected chi connectivity index (χ4v) is 7.49. The smallest absolute Gasteiger partial charge is 0.291 e. The maximum Gasteiger partial charge on any atom is 0.291 e. The Hall–Kier alpha value is -3.00. The van der Waals surface area contributed by atoms with Gasteiger partial charge in [-0.2, -0.15) is 5.26 Å². The van der Waals surface area contributed by atoms with Crippen LogP contribution in [0.1, 0.15) is 89.7 Å². The average molecular weight is 620 g/mol. The molecule has 2 aromatic heterocycles. The van der Waals surface area contributed by atoms with Crippen LogP contribution in [0.25, 0.3) is 5.57 Å². The van der Waals surface area contributed by atoms with Crippen molar-refractivity contribution < 1.29 is 9.53 Å². The summed E-state index contributed by atoms with van der Waals surface area (Å²) in [6, 6.07) is 7.08. The number of nitrogens with one attached hydrogen (secondary N) is 1. The Morgan fingerprint density at radius 1 is 1.09 bits per heavy atom. The summed E-state index contributed by atoms with van der Waals surface area (Å²) in [5.41, 5.74) is 3.00. The van der Waals surface area contributed by atoms with Gasteiger partial charge in [-0.05, 0) is 82.7 Å². The Kier molecular flexibility index (Phi) is 9.84. The van der Waals surface area contributed by atoms with E-state index in [0.717, 1.165) is 62.0 Å². The van der Waals surface area contributed by atoms with Gasteiger partial charge in [-0.25, -0.2) is 9.97 Å². The number of nitrogens with zero attached hydrogens (tertiary/aromatic N) is 6. The molecule has 1 amide bonds. The van der Waals surface area contributed by atoms with Crippen molar-refractivity contribution in [1.29, 1.82) is 5.26 Å². The molecule has 0 spiro atoms. The zero-order valence-corrected chi connectivity index (χ0v) is 29.7. The SMILES string of the molecule is CCN1C(C)(C)CN(c2ccc(NC(=O)c3nc(C#N)cn3COCC[Si](C)(C)C)c(C3=CCC(C)(C)CC3)n2)CC1(C)C. The third-order valence-electron chi connectivity index (χ3n) is 8.98. The second-order valence-corrected chi connectivity index (χ2v) is 21.3. The molecule has 0 aromatic carbocycles. The predicted molar refractivity (Wildman–Crippen MR) is 182 cm³/mol. The summed E-state index contributed by atoms with van der Waals surface area (Å²) in [6.07, 6.45) is 6.77. The maximum atomic E-state index is 13.7. The Morgan fingerprint density at radius 3 is 2.34 bits per heavy atom. The van der Waals surface area contributed by atoms with Crippen LogP contribution in [-0.2, 0) is 11.5 Å². The number of ether oxygens (including phenoxy) is 1. The van der Waals surface area contributed by atoms with Gasteiger partial charge in [0, 0.05) is 45.0 Å². The highest BCUT2D eigenvalue weighted by molar-refractivity contribution is 6.76. The highest BCUT2D eigenvalue weighted by Crippen LogP contribution is 2.41. The molecule has 1 N–H and O–H groups in total. The van der Waals surface area contributed by atoms with Gasteiger partial charge < -0.3 is 19.5 Å². The molecule has 240 valence electrons. The van der Waals surface area contributed by atoms with Crippen LogP contribution in [0.3, 0.4) is 0 Å². The van der Waals surface area contributed by atoms with Gasteiger partial charge >= 0.3 is 0 Å². The van der Waals surface area contributed by atoms with Gasteiger partial charge in [0.25, 0.3) is 5.91 Å². The van der Waals surface area contributed by atoms with E-state index in [2.05, 4.69) is 100 Å². The molecule has 9 nitrogen and oxygen atoms in total. The number of carbonyl (C=O) groups excluding carboxylic acids is 1. The normalized spacial score (nSPS) is 19.8. The van der Waals surface area contributed by atoms with Crippen molar-refractivity contribution in [3.63, 3.8) is 0 Å². The molecule has 0 unspecified atom stereocenters. The number of likely N-dealkylation sites (N-methyl/N-ethyl adjacent to an activating group) is 1. The Balaban J connectivity index is 1.65. The summed E-state index contributed by atoms with van der Waals surface area (Å²) in [6.45, 7) is 26.4. The van der Waals surface area contributed by atoms with Gasteiger partial charge in [-0.1, -0.05) is 46.5 Å². The fourth-order valence-electron chi connectivity index (χ4n) is 6.73. The Bertz CT molecular complexity index is 1410. The molecule has 3 heterocycles. The topological polar surface area (TPSA) is 99.3 Å². The summed E-state index contributed by atoms with van der Waals surface area (Å²) in [5.74, 6) is 0.693. The van der Waals surface area contributed by atoms with Crippen LogP contribution >= 0.6 is 0 Å². The van der Waals surface area contributed by atoms with E-state index in [1.807, 2.05) is 12.1 Å². The van der Waals surface area contributed by atoms with Crippen molar-refractivity contribution in [1.82, 2.24) is 19.4 Å². The molecular formula is C34H53N7O2Si. The Morgan fingerprint density at radius 2 is 1.77 bits per heavy atom. The number of amides is 1. The van der Waals surface area contributed by atoms with E-state index in [0.29, 0.717) is 12.3 Å². The average Bonchev–Trinajstić information content (AvgIpc) is 3.33. The third kappa shape index (κ3) is 7.98. The van der Waals surface area contributed by atoms with Gasteiger partial charge in [-0.15, -0.1) is 0 Å². The summed E-state index contributed by atoms with van der Waals surface area (Å²) in [4.78, 5) is 28.2. The van der Waals surface area contributed by atoms with Crippen molar-refractivity contribution >= 4 is 31.1 Å². The summed E-state index contributed by atoms with van der Waals surface area (Å²) in [5, 5.41) is 12.6. The minimum Gasteiger partial charge on any atom is -0.361 e. The minimum absolute atomic E-state index is 0.0218. The molecule has 2 aliphatic rings. The molecule has 1 saturated heterocycles. The van der Waals surface area contributed by atoms with Crippen LogP contribution in [-0.4, -0.2) is 70.7 Å². The molecule has 2 aromatic rings. The first kappa shape index (κ1) is 33.9. The van der Waals surface area contributed by atoms with Gasteiger partial charge in [0.2, 0.25) is 5.82 Å². The van der Waals surface area contributed by atoms with E-state index in [-0.39, 0.29) is 40.6 Å². The molecule has 1 fully saturated rings. The number of imidazole rings is 1. The van der Waals surface area contributed by atoms with Gasteiger partial charge in [-0.3, -0.25) is 9.69 Å². The summed E-state index contributed by atoms with van der Waals surface area (Å²) >= 11 is 0. The second-order valence-electron chi connectivity index (χ2n) is 15.7. The largest absolute Gasteiger partial charge is 0.361 e. The van der Waals surface area contributed by atoms with Crippen molar-refractivity contribution in [2.24, 2.45) is 5.41 Å². The number of nitriles is 1. The lowest BCUT2D eigenvalue weighted by atomic mass is 9.77. The number of carbonyl (C=O) groups is 1. The minimum atomic E-state index is -1.25. The van der Waals surface area contributed by atoms with Crippen molar-refractivity contribution in [3.05, 3.63) is 41.6 Å². The number of hydrogen-bond acceptors (Lipinski definition) is 7. The molecule has 0 bridgehead atoms. The van der Waals surface area contributed by atoms with Crippen molar-refractivity contribution in [2.45, 2.75) is 111 Å². The van der Waals surface area contributed by atoms with E-state index in [9.17, 15) is 10.1 Å². The van der Waals surface area contributed by atoms with Crippen LogP contribution in [0.4, 0.5) is 11.5 Å². The first-order valence-electron chi connectivity index (χ1n) is 16.0. The second kappa shape index (κ2) is 12.8. The molecule has 4 rings (SSSR count). The maximum absolute atomic E-state index is 13.7. The summed E-state index contributed by atoms with van der Waals surface area (Å²) < 4.78 is 7.53. The number of pyridine rings is 1. The lowest BCUT2D eigenvalue weighted by molar-refractivity contribution is 0.00463. The van der Waals surface area contributed by atoms with Crippen LogP contribution < -0.4 is 10.2 Å². The molecule has 1 aliphatic carbocycles. The standard InChI is InChI=1S/C34H53N7O2Si/c1-11-41-33(4,5)22-40(23-34(41,6)7)28-13-12-27(29(38-28)25-14-16-32(2,3)17-15-25)37-31(42)30-36-26(20-35)21-39(30)24-43-18-19-44(8,9)10/h12-14,21H,11,15-19,22-24H2,1-10H3,(H,37,42). The molecular weight excluding hydrogens is 567 g/mol. The molecule has 0 atom stereocenters. The highest BCUT2D eigenvalue weighted by atomic mass is 28.3. The molecule has 44 heavy (non-hydrogen) atoms. The number of rotatable bonds is 10. The highest BCUT2D eigenvalue weighted by Gasteiger charge is 2.44. The van der Waals surface area contributed by atoms with E-state index < -0.39 is 8.07 Å². The monoisotopic (exact) mass is 619 g/mol. The number of hydrogen-bond donors (Lipinski definition) is 1. The van der Waals surface area contributed by atoms with Gasteiger partial charge in [0.1, 0.15) is 18.6 Å². The van der Waals surface area contributed by atoms with E-state index in [1.165, 1.54) is 0 Å². The first-order valence-corrected chi connectivity index (χ1v) is 19.7. The van der Waals surface area contributed by atoms with Gasteiger partial charge in [0.05, 0.1) is 11.4 Å². The van der Waals surface area contributed by atoms with E-state index in [4.69, 9.17) is 9.72 Å². The first-order chi connectivity index (χ1) is 20.4. The van der Waals surface area contributed by atoms with E-state index >= 15 is 0 Å². The van der Waals surface area contributed by atoms with Crippen LogP contribution in [0, 0.1) is 16.7 Å². The molecule has 1 aliphatic heterocycles. The molecule has 10 heteroatoms. The summed E-state index contributed by atoms with van der Waals surface area (Å²) in [7, 11) is -1.25. The van der Waals surface area contributed by atoms with Crippen LogP contribution in [0.15, 0.2) is 24.4 Å². The number of piperazine rings is 1. The van der Waals surface area contributed by atoms with Crippen LogP contribution in [0.5, 0.6) is 0 Å². The fraction of sp³-hybridized carbons (Fsp3) is 0.647. The predicted octanol–water partition coefficient (Wildman–Crippen LogP) is 7.01. The van der Waals surface area contributed by atoms with Crippen LogP contribution in [0.2, 0.25) is 25.7 Å². The zero-order chi connectivity index (χ0) is 32.5. The van der Waals surface area contributed by atoms with E-state index in [1.54, 1.807) is 10.8 Å². The van der Waals surface area contributed by atoms with Crippen molar-refractivity contribution in [2.75, 3.05) is 36.5 Å². The number of allylic oxidation sites excluding steroid dienone is 2. The molecule has 0 saturated carbocycles. The zero-order valence-electron chi connectivity index (χ0n) is 28.7. The number of anilines is 2. The van der Waals surface area contributed by atoms with Crippen molar-refractivity contribution in [3.8, 4) is 6.07 Å². The van der Waals surface area contributed by atoms with Gasteiger partial charge in [0.15, 0.2) is 5.69 Å². The molecule has 0 radical (unpaired) electrons. The third-order valence-corrected chi connectivity index (χ3v) is 10.7.